The first-order valence-corrected chi connectivity index (χ1v) is 16.0. The highest BCUT2D eigenvalue weighted by Crippen LogP contribution is 2.33. The molecule has 0 aromatic heterocycles. The summed E-state index contributed by atoms with van der Waals surface area (Å²) in [7, 11) is -4.27. The largest absolute Gasteiger partial charge is 0.492 e. The van der Waals surface area contributed by atoms with Gasteiger partial charge in [0, 0.05) is 23.1 Å². The number of benzene rings is 3. The zero-order chi connectivity index (χ0) is 30.9. The zero-order valence-electron chi connectivity index (χ0n) is 24.2. The average molecular weight is 635 g/mol. The molecule has 0 aliphatic rings. The first kappa shape index (κ1) is 33.2. The molecule has 0 aliphatic heterocycles. The Morgan fingerprint density at radius 2 is 1.57 bits per heavy atom. The molecule has 0 fully saturated rings. The quantitative estimate of drug-likeness (QED) is 0.229. The van der Waals surface area contributed by atoms with E-state index in [1.54, 1.807) is 62.4 Å². The van der Waals surface area contributed by atoms with Gasteiger partial charge in [-0.1, -0.05) is 74.3 Å². The second-order valence-electron chi connectivity index (χ2n) is 10.0. The van der Waals surface area contributed by atoms with Crippen LogP contribution in [0, 0.1) is 5.92 Å². The Hall–Kier alpha value is -3.27. The highest BCUT2D eigenvalue weighted by Gasteiger charge is 2.35. The van der Waals surface area contributed by atoms with Crippen molar-refractivity contribution in [3.05, 3.63) is 88.4 Å². The van der Waals surface area contributed by atoms with Gasteiger partial charge in [-0.25, -0.2) is 8.42 Å². The zero-order valence-corrected chi connectivity index (χ0v) is 26.5. The monoisotopic (exact) mass is 633 g/mol. The molecule has 0 aliphatic carbocycles. The third-order valence-corrected chi connectivity index (χ3v) is 8.88. The molecule has 42 heavy (non-hydrogen) atoms. The van der Waals surface area contributed by atoms with Crippen LogP contribution >= 0.6 is 23.2 Å². The standard InChI is InChI=1S/C31H37Cl2N3O5S/c1-5-27(31(38)34-19-22(3)4)35(20-23-11-7-8-12-26(23)33)30(37)21-36(28-13-9-10-14-29(28)41-6-2)42(39,40)25-17-15-24(32)16-18-25/h7-18,22,27H,5-6,19-21H2,1-4H3,(H,34,38). The van der Waals surface area contributed by atoms with Gasteiger partial charge in [0.05, 0.1) is 17.2 Å². The van der Waals surface area contributed by atoms with Gasteiger partial charge >= 0.3 is 0 Å². The van der Waals surface area contributed by atoms with E-state index in [9.17, 15) is 18.0 Å². The second-order valence-corrected chi connectivity index (χ2v) is 12.7. The number of anilines is 1. The van der Waals surface area contributed by atoms with Gasteiger partial charge in [-0.2, -0.15) is 0 Å². The molecule has 0 saturated carbocycles. The van der Waals surface area contributed by atoms with Crippen LogP contribution in [0.1, 0.15) is 39.7 Å². The predicted octanol–water partition coefficient (Wildman–Crippen LogP) is 6.17. The van der Waals surface area contributed by atoms with Crippen molar-refractivity contribution in [1.82, 2.24) is 10.2 Å². The van der Waals surface area contributed by atoms with Crippen LogP contribution in [-0.2, 0) is 26.2 Å². The first-order chi connectivity index (χ1) is 20.0. The minimum atomic E-state index is -4.27. The van der Waals surface area contributed by atoms with Crippen molar-refractivity contribution in [1.29, 1.82) is 0 Å². The lowest BCUT2D eigenvalue weighted by molar-refractivity contribution is -0.140. The van der Waals surface area contributed by atoms with Crippen LogP contribution < -0.4 is 14.4 Å². The highest BCUT2D eigenvalue weighted by atomic mass is 35.5. The number of halogens is 2. The Balaban J connectivity index is 2.11. The van der Waals surface area contributed by atoms with E-state index >= 15 is 0 Å². The Bertz CT molecular complexity index is 1470. The van der Waals surface area contributed by atoms with E-state index in [0.717, 1.165) is 4.31 Å². The van der Waals surface area contributed by atoms with E-state index in [1.165, 1.54) is 29.2 Å². The van der Waals surface area contributed by atoms with Crippen molar-refractivity contribution in [3.63, 3.8) is 0 Å². The Kier molecular flexibility index (Phi) is 12.1. The minimum absolute atomic E-state index is 0.00799. The molecular weight excluding hydrogens is 597 g/mol. The predicted molar refractivity (Wildman–Crippen MR) is 168 cm³/mol. The smallest absolute Gasteiger partial charge is 0.264 e. The van der Waals surface area contributed by atoms with Gasteiger partial charge in [-0.3, -0.25) is 13.9 Å². The molecule has 226 valence electrons. The first-order valence-electron chi connectivity index (χ1n) is 13.8. The number of amides is 2. The number of sulfonamides is 1. The summed E-state index contributed by atoms with van der Waals surface area (Å²) in [5.41, 5.74) is 0.821. The molecule has 0 radical (unpaired) electrons. The molecule has 1 unspecified atom stereocenters. The molecule has 3 aromatic carbocycles. The average Bonchev–Trinajstić information content (AvgIpc) is 2.96. The Morgan fingerprint density at radius 3 is 2.19 bits per heavy atom. The number of nitrogens with zero attached hydrogens (tertiary/aromatic N) is 2. The fourth-order valence-corrected chi connectivity index (χ4v) is 6.09. The molecule has 3 rings (SSSR count). The third kappa shape index (κ3) is 8.40. The SMILES string of the molecule is CCOc1ccccc1N(CC(=O)N(Cc1ccccc1Cl)C(CC)C(=O)NCC(C)C)S(=O)(=O)c1ccc(Cl)cc1. The van der Waals surface area contributed by atoms with Crippen molar-refractivity contribution in [3.8, 4) is 5.75 Å². The lowest BCUT2D eigenvalue weighted by atomic mass is 10.1. The number of rotatable bonds is 14. The normalized spacial score (nSPS) is 12.1. The van der Waals surface area contributed by atoms with Gasteiger partial charge in [-0.15, -0.1) is 0 Å². The van der Waals surface area contributed by atoms with Crippen LogP contribution in [0.15, 0.2) is 77.7 Å². The van der Waals surface area contributed by atoms with E-state index in [2.05, 4.69) is 5.32 Å². The van der Waals surface area contributed by atoms with E-state index in [4.69, 9.17) is 27.9 Å². The number of hydrogen-bond donors (Lipinski definition) is 1. The van der Waals surface area contributed by atoms with Crippen LogP contribution in [0.25, 0.3) is 0 Å². The molecule has 1 atom stereocenters. The molecule has 1 N–H and O–H groups in total. The van der Waals surface area contributed by atoms with Gasteiger partial charge in [-0.05, 0) is 67.3 Å². The summed E-state index contributed by atoms with van der Waals surface area (Å²) in [4.78, 5) is 28.9. The number of carbonyl (C=O) groups is 2. The molecule has 0 heterocycles. The molecule has 0 spiro atoms. The van der Waals surface area contributed by atoms with Crippen LogP contribution in [0.4, 0.5) is 5.69 Å². The molecule has 0 saturated heterocycles. The van der Waals surface area contributed by atoms with E-state index < -0.39 is 28.5 Å². The van der Waals surface area contributed by atoms with E-state index in [-0.39, 0.29) is 35.6 Å². The number of carbonyl (C=O) groups excluding carboxylic acids is 2. The maximum Gasteiger partial charge on any atom is 0.264 e. The van der Waals surface area contributed by atoms with Gasteiger partial charge in [0.2, 0.25) is 11.8 Å². The highest BCUT2D eigenvalue weighted by molar-refractivity contribution is 7.92. The lowest BCUT2D eigenvalue weighted by Crippen LogP contribution is -2.52. The summed E-state index contributed by atoms with van der Waals surface area (Å²) >= 11 is 12.5. The van der Waals surface area contributed by atoms with Crippen molar-refractivity contribution in [2.24, 2.45) is 5.92 Å². The van der Waals surface area contributed by atoms with Crippen LogP contribution in [-0.4, -0.2) is 50.9 Å². The van der Waals surface area contributed by atoms with Crippen LogP contribution in [0.5, 0.6) is 5.75 Å². The molecule has 8 nitrogen and oxygen atoms in total. The minimum Gasteiger partial charge on any atom is -0.492 e. The number of para-hydroxylation sites is 2. The maximum absolute atomic E-state index is 14.2. The summed E-state index contributed by atoms with van der Waals surface area (Å²) in [6.45, 7) is 7.68. The van der Waals surface area contributed by atoms with E-state index in [0.29, 0.717) is 34.3 Å². The second kappa shape index (κ2) is 15.3. The number of hydrogen-bond acceptors (Lipinski definition) is 5. The Morgan fingerprint density at radius 1 is 0.929 bits per heavy atom. The van der Waals surface area contributed by atoms with Crippen LogP contribution in [0.3, 0.4) is 0 Å². The molecule has 3 aromatic rings. The summed E-state index contributed by atoms with van der Waals surface area (Å²) < 4.78 is 34.9. The maximum atomic E-state index is 14.2. The van der Waals surface area contributed by atoms with Gasteiger partial charge in [0.25, 0.3) is 10.0 Å². The fraction of sp³-hybridized carbons (Fsp3) is 0.355. The fourth-order valence-electron chi connectivity index (χ4n) is 4.34. The summed E-state index contributed by atoms with van der Waals surface area (Å²) in [5, 5.41) is 3.71. The van der Waals surface area contributed by atoms with E-state index in [1.807, 2.05) is 13.8 Å². The molecular formula is C31H37Cl2N3O5S. The van der Waals surface area contributed by atoms with Crippen molar-refractivity contribution >= 4 is 50.7 Å². The number of nitrogens with one attached hydrogen (secondary N) is 1. The van der Waals surface area contributed by atoms with Gasteiger partial charge in [0.1, 0.15) is 18.3 Å². The van der Waals surface area contributed by atoms with Crippen LogP contribution in [0.2, 0.25) is 10.0 Å². The topological polar surface area (TPSA) is 96.0 Å². The summed E-state index contributed by atoms with van der Waals surface area (Å²) in [5.74, 6) is -0.405. The Labute approximate surface area is 258 Å². The molecule has 0 bridgehead atoms. The van der Waals surface area contributed by atoms with Crippen molar-refractivity contribution < 1.29 is 22.7 Å². The third-order valence-electron chi connectivity index (χ3n) is 6.48. The van der Waals surface area contributed by atoms with Crippen molar-refractivity contribution in [2.75, 3.05) is 24.0 Å². The van der Waals surface area contributed by atoms with Crippen molar-refractivity contribution in [2.45, 2.75) is 51.6 Å². The number of ether oxygens (including phenoxy) is 1. The van der Waals surface area contributed by atoms with Gasteiger partial charge in [0.15, 0.2) is 0 Å². The summed E-state index contributed by atoms with van der Waals surface area (Å²) in [6.07, 6.45) is 0.305. The molecule has 11 heteroatoms. The van der Waals surface area contributed by atoms with Gasteiger partial charge < -0.3 is 15.0 Å². The summed E-state index contributed by atoms with van der Waals surface area (Å²) in [6, 6.07) is 18.5. The molecule has 2 amide bonds. The lowest BCUT2D eigenvalue weighted by Gasteiger charge is -2.33.